The van der Waals surface area contributed by atoms with E-state index in [1.165, 1.54) is 0 Å². The van der Waals surface area contributed by atoms with Crippen molar-refractivity contribution >= 4 is 11.7 Å². The number of carbonyl (C=O) groups excluding carboxylic acids is 2. The number of hydrogen-bond donors (Lipinski definition) is 4. The van der Waals surface area contributed by atoms with Gasteiger partial charge >= 0.3 is 0 Å². The van der Waals surface area contributed by atoms with Crippen LogP contribution in [0.4, 0.5) is 8.78 Å². The second-order valence-corrected chi connectivity index (χ2v) is 7.64. The Labute approximate surface area is 180 Å². The summed E-state index contributed by atoms with van der Waals surface area (Å²) in [5.74, 6) is -1.85. The van der Waals surface area contributed by atoms with E-state index in [0.717, 1.165) is 23.8 Å². The van der Waals surface area contributed by atoms with Crippen molar-refractivity contribution in [2.45, 2.75) is 50.3 Å². The molecule has 0 aliphatic heterocycles. The van der Waals surface area contributed by atoms with Gasteiger partial charge in [-0.3, -0.25) is 9.59 Å². The minimum Gasteiger partial charge on any atom is -0.382 e. The molecule has 0 aliphatic carbocycles. The number of halogens is 2. The average Bonchev–Trinajstić information content (AvgIpc) is 2.73. The van der Waals surface area contributed by atoms with Crippen LogP contribution in [0.3, 0.4) is 0 Å². The molecule has 6 nitrogen and oxygen atoms in total. The third-order valence-corrected chi connectivity index (χ3v) is 4.90. The maximum absolute atomic E-state index is 13.7. The molecule has 31 heavy (non-hydrogen) atoms. The topological polar surface area (TPSA) is 118 Å². The lowest BCUT2D eigenvalue weighted by atomic mass is 9.99. The lowest BCUT2D eigenvalue weighted by Gasteiger charge is -2.18. The highest BCUT2D eigenvalue weighted by Crippen LogP contribution is 2.13. The first kappa shape index (κ1) is 24.6. The van der Waals surface area contributed by atoms with E-state index < -0.39 is 35.7 Å². The van der Waals surface area contributed by atoms with Crippen molar-refractivity contribution in [1.29, 1.82) is 0 Å². The van der Waals surface area contributed by atoms with Crippen LogP contribution in [0.25, 0.3) is 0 Å². The lowest BCUT2D eigenvalue weighted by molar-refractivity contribution is -0.130. The number of nitrogens with two attached hydrogens (primary N) is 2. The Bertz CT molecular complexity index is 864. The number of aliphatic hydroxyl groups excluding tert-OH is 1. The highest BCUT2D eigenvalue weighted by Gasteiger charge is 2.22. The molecule has 0 saturated carbocycles. The predicted octanol–water partition coefficient (Wildman–Crippen LogP) is 1.62. The van der Waals surface area contributed by atoms with Crippen molar-refractivity contribution in [2.24, 2.45) is 11.5 Å². The van der Waals surface area contributed by atoms with Crippen molar-refractivity contribution < 1.29 is 23.5 Å². The SMILES string of the molecule is NC(CC(=O)CCCNC(=O)C(O)C(N)Cc1ccccc1)Cc1cc(F)ccc1F. The van der Waals surface area contributed by atoms with E-state index in [2.05, 4.69) is 5.32 Å². The number of Topliss-reactive ketones (excluding diaryl/α,β-unsaturated/α-hetero) is 1. The summed E-state index contributed by atoms with van der Waals surface area (Å²) < 4.78 is 26.9. The van der Waals surface area contributed by atoms with Crippen LogP contribution in [-0.2, 0) is 22.4 Å². The molecule has 3 atom stereocenters. The van der Waals surface area contributed by atoms with Gasteiger partial charge in [0, 0.05) is 31.5 Å². The molecule has 6 N–H and O–H groups in total. The molecule has 8 heteroatoms. The molecule has 0 fully saturated rings. The van der Waals surface area contributed by atoms with Crippen LogP contribution < -0.4 is 16.8 Å². The van der Waals surface area contributed by atoms with E-state index in [4.69, 9.17) is 11.5 Å². The van der Waals surface area contributed by atoms with Crippen molar-refractivity contribution in [2.75, 3.05) is 6.54 Å². The average molecular weight is 433 g/mol. The molecule has 168 valence electrons. The zero-order valence-electron chi connectivity index (χ0n) is 17.3. The number of aliphatic hydroxyl groups is 1. The van der Waals surface area contributed by atoms with E-state index in [0.29, 0.717) is 12.8 Å². The third kappa shape index (κ3) is 8.53. The monoisotopic (exact) mass is 433 g/mol. The number of rotatable bonds is 12. The molecule has 1 amide bonds. The second-order valence-electron chi connectivity index (χ2n) is 7.64. The van der Waals surface area contributed by atoms with Crippen LogP contribution in [0, 0.1) is 11.6 Å². The number of ketones is 1. The van der Waals surface area contributed by atoms with Gasteiger partial charge in [-0.05, 0) is 48.6 Å². The largest absolute Gasteiger partial charge is 0.382 e. The Kier molecular flexibility index (Phi) is 9.71. The van der Waals surface area contributed by atoms with Gasteiger partial charge in [-0.1, -0.05) is 30.3 Å². The molecule has 0 heterocycles. The minimum atomic E-state index is -1.36. The first-order valence-corrected chi connectivity index (χ1v) is 10.2. The Balaban J connectivity index is 1.66. The highest BCUT2D eigenvalue weighted by atomic mass is 19.1. The van der Waals surface area contributed by atoms with Crippen LogP contribution in [0.1, 0.15) is 30.4 Å². The standard InChI is InChI=1S/C23H29F2N3O3/c24-17-8-9-20(25)16(12-17)13-18(26)14-19(29)7-4-10-28-23(31)22(30)21(27)11-15-5-2-1-3-6-15/h1-3,5-6,8-9,12,18,21-22,30H,4,7,10-11,13-14,26-27H2,(H,28,31). The summed E-state index contributed by atoms with van der Waals surface area (Å²) in [6.07, 6.45) is -0.382. The van der Waals surface area contributed by atoms with Gasteiger partial charge in [0.05, 0.1) is 0 Å². The molecule has 0 aromatic heterocycles. The fourth-order valence-electron chi connectivity index (χ4n) is 3.24. The van der Waals surface area contributed by atoms with Crippen LogP contribution in [0.2, 0.25) is 0 Å². The molecule has 0 radical (unpaired) electrons. The molecule has 0 spiro atoms. The molecule has 0 bridgehead atoms. The summed E-state index contributed by atoms with van der Waals surface area (Å²) in [5.41, 5.74) is 12.9. The number of hydrogen-bond acceptors (Lipinski definition) is 5. The maximum Gasteiger partial charge on any atom is 0.250 e. The van der Waals surface area contributed by atoms with Gasteiger partial charge in [-0.2, -0.15) is 0 Å². The van der Waals surface area contributed by atoms with E-state index in [-0.39, 0.29) is 37.2 Å². The Hall–Kier alpha value is -2.68. The minimum absolute atomic E-state index is 0.0223. The number of nitrogens with one attached hydrogen (secondary N) is 1. The van der Waals surface area contributed by atoms with E-state index in [9.17, 15) is 23.5 Å². The van der Waals surface area contributed by atoms with Crippen LogP contribution in [-0.4, -0.2) is 41.5 Å². The smallest absolute Gasteiger partial charge is 0.250 e. The number of carbonyl (C=O) groups is 2. The molecular weight excluding hydrogens is 404 g/mol. The Morgan fingerprint density at radius 3 is 2.45 bits per heavy atom. The highest BCUT2D eigenvalue weighted by molar-refractivity contribution is 5.81. The van der Waals surface area contributed by atoms with E-state index in [1.54, 1.807) is 0 Å². The van der Waals surface area contributed by atoms with Gasteiger partial charge in [0.25, 0.3) is 0 Å². The summed E-state index contributed by atoms with van der Waals surface area (Å²) in [5, 5.41) is 12.6. The zero-order chi connectivity index (χ0) is 22.8. The summed E-state index contributed by atoms with van der Waals surface area (Å²) in [7, 11) is 0. The van der Waals surface area contributed by atoms with Gasteiger partial charge in [0.1, 0.15) is 23.5 Å². The molecule has 2 rings (SSSR count). The van der Waals surface area contributed by atoms with Gasteiger partial charge in [0.2, 0.25) is 5.91 Å². The fraction of sp³-hybridized carbons (Fsp3) is 0.391. The second kappa shape index (κ2) is 12.2. The predicted molar refractivity (Wildman–Crippen MR) is 114 cm³/mol. The van der Waals surface area contributed by atoms with Crippen LogP contribution in [0.15, 0.2) is 48.5 Å². The van der Waals surface area contributed by atoms with Crippen molar-refractivity contribution in [1.82, 2.24) is 5.32 Å². The maximum atomic E-state index is 13.7. The Morgan fingerprint density at radius 1 is 1.03 bits per heavy atom. The lowest BCUT2D eigenvalue weighted by Crippen LogP contribution is -2.47. The van der Waals surface area contributed by atoms with Crippen LogP contribution >= 0.6 is 0 Å². The third-order valence-electron chi connectivity index (χ3n) is 4.90. The van der Waals surface area contributed by atoms with Crippen molar-refractivity contribution in [3.63, 3.8) is 0 Å². The summed E-state index contributed by atoms with van der Waals surface area (Å²) in [6.45, 7) is 0.202. The quantitative estimate of drug-likeness (QED) is 0.380. The molecule has 0 aliphatic rings. The van der Waals surface area contributed by atoms with Crippen molar-refractivity contribution in [3.8, 4) is 0 Å². The molecule has 2 aromatic carbocycles. The number of amides is 1. The summed E-state index contributed by atoms with van der Waals surface area (Å²) >= 11 is 0. The fourth-order valence-corrected chi connectivity index (χ4v) is 3.24. The molecule has 2 aromatic rings. The molecular formula is C23H29F2N3O3. The molecule has 0 saturated heterocycles. The van der Waals surface area contributed by atoms with Gasteiger partial charge in [-0.25, -0.2) is 8.78 Å². The van der Waals surface area contributed by atoms with Crippen molar-refractivity contribution in [3.05, 3.63) is 71.3 Å². The van der Waals surface area contributed by atoms with E-state index >= 15 is 0 Å². The van der Waals surface area contributed by atoms with Crippen LogP contribution in [0.5, 0.6) is 0 Å². The summed E-state index contributed by atoms with van der Waals surface area (Å²) in [4.78, 5) is 24.1. The van der Waals surface area contributed by atoms with E-state index in [1.807, 2.05) is 30.3 Å². The summed E-state index contributed by atoms with van der Waals surface area (Å²) in [6, 6.07) is 11.1. The van der Waals surface area contributed by atoms with Gasteiger partial charge < -0.3 is 21.9 Å². The van der Waals surface area contributed by atoms with Gasteiger partial charge in [-0.15, -0.1) is 0 Å². The number of benzene rings is 2. The first-order valence-electron chi connectivity index (χ1n) is 10.2. The van der Waals surface area contributed by atoms with Gasteiger partial charge in [0.15, 0.2) is 0 Å². The normalized spacial score (nSPS) is 14.0. The zero-order valence-corrected chi connectivity index (χ0v) is 17.3. The molecule has 3 unspecified atom stereocenters. The first-order chi connectivity index (χ1) is 14.8. The Morgan fingerprint density at radius 2 is 1.74 bits per heavy atom.